The summed E-state index contributed by atoms with van der Waals surface area (Å²) in [5, 5.41) is -0.235. The number of imide groups is 1. The molecule has 2 aromatic heterocycles. The number of carbonyl (C=O) groups excluding carboxylic acids is 2. The van der Waals surface area contributed by atoms with Gasteiger partial charge in [0, 0.05) is 17.6 Å². The highest BCUT2D eigenvalue weighted by Crippen LogP contribution is 2.34. The van der Waals surface area contributed by atoms with Crippen LogP contribution in [0.3, 0.4) is 0 Å². The average molecular weight is 404 g/mol. The van der Waals surface area contributed by atoms with Gasteiger partial charge in [0.2, 0.25) is 0 Å². The van der Waals surface area contributed by atoms with Crippen molar-refractivity contribution in [3.8, 4) is 5.82 Å². The van der Waals surface area contributed by atoms with Gasteiger partial charge in [0.25, 0.3) is 11.1 Å². The van der Waals surface area contributed by atoms with Crippen molar-refractivity contribution < 1.29 is 9.59 Å². The minimum atomic E-state index is -0.246. The Labute approximate surface area is 174 Å². The highest BCUT2D eigenvalue weighted by Gasteiger charge is 2.35. The lowest BCUT2D eigenvalue weighted by Gasteiger charge is -2.12. The summed E-state index contributed by atoms with van der Waals surface area (Å²) in [5.74, 6) is 0.582. The minimum absolute atomic E-state index is 0.235. The fraction of sp³-hybridized carbons (Fsp3) is 0.174. The number of hydrogen-bond acceptors (Lipinski definition) is 4. The van der Waals surface area contributed by atoms with Gasteiger partial charge in [0.05, 0.1) is 11.4 Å². The van der Waals surface area contributed by atoms with Gasteiger partial charge < -0.3 is 4.57 Å². The van der Waals surface area contributed by atoms with Gasteiger partial charge in [-0.1, -0.05) is 35.9 Å². The van der Waals surface area contributed by atoms with E-state index in [2.05, 4.69) is 4.98 Å². The third-order valence-electron chi connectivity index (χ3n) is 4.93. The number of pyridine rings is 1. The molecular weight excluding hydrogens is 382 g/mol. The predicted octanol–water partition coefficient (Wildman–Crippen LogP) is 5.03. The quantitative estimate of drug-likeness (QED) is 0.573. The maximum atomic E-state index is 12.9. The number of aryl methyl sites for hydroxylation is 2. The number of hydrogen-bond donors (Lipinski definition) is 0. The molecule has 0 unspecified atom stereocenters. The van der Waals surface area contributed by atoms with E-state index in [9.17, 15) is 9.59 Å². The lowest BCUT2D eigenvalue weighted by molar-refractivity contribution is -0.123. The smallest absolute Gasteiger partial charge is 0.293 e. The summed E-state index contributed by atoms with van der Waals surface area (Å²) in [6.45, 7) is 6.28. The van der Waals surface area contributed by atoms with Gasteiger partial charge in [-0.2, -0.15) is 0 Å². The van der Waals surface area contributed by atoms with Crippen molar-refractivity contribution in [1.29, 1.82) is 0 Å². The molecule has 0 N–H and O–H groups in total. The van der Waals surface area contributed by atoms with Gasteiger partial charge in [-0.3, -0.25) is 14.5 Å². The predicted molar refractivity (Wildman–Crippen MR) is 116 cm³/mol. The van der Waals surface area contributed by atoms with E-state index in [1.165, 1.54) is 4.90 Å². The second-order valence-corrected chi connectivity index (χ2v) is 8.10. The molecule has 0 saturated carbocycles. The highest BCUT2D eigenvalue weighted by atomic mass is 32.2. The van der Waals surface area contributed by atoms with E-state index in [-0.39, 0.29) is 17.7 Å². The summed E-state index contributed by atoms with van der Waals surface area (Å²) in [7, 11) is 0. The standard InChI is InChI=1S/C23H21N3O2S/c1-15-7-6-8-18(11-15)14-25-22(27)20(29-23(25)28)13-19-12-16(2)26(17(19)3)21-9-4-5-10-24-21/h4-13H,14H2,1-3H3/b20-13-. The van der Waals surface area contributed by atoms with Crippen LogP contribution in [-0.4, -0.2) is 25.6 Å². The number of nitrogens with zero attached hydrogens (tertiary/aromatic N) is 3. The Bertz CT molecular complexity index is 1130. The van der Waals surface area contributed by atoms with Crippen LogP contribution in [0.1, 0.15) is 28.1 Å². The van der Waals surface area contributed by atoms with Crippen molar-refractivity contribution >= 4 is 29.0 Å². The van der Waals surface area contributed by atoms with Crippen molar-refractivity contribution in [3.05, 3.63) is 87.7 Å². The van der Waals surface area contributed by atoms with Crippen molar-refractivity contribution in [2.75, 3.05) is 0 Å². The zero-order valence-corrected chi connectivity index (χ0v) is 17.4. The molecule has 1 aliphatic rings. The number of rotatable bonds is 4. The Hall–Kier alpha value is -3.12. The fourth-order valence-electron chi connectivity index (χ4n) is 3.54. The van der Waals surface area contributed by atoms with Gasteiger partial charge in [0.1, 0.15) is 5.82 Å². The van der Waals surface area contributed by atoms with Crippen LogP contribution in [0.5, 0.6) is 0 Å². The van der Waals surface area contributed by atoms with Crippen LogP contribution >= 0.6 is 11.8 Å². The molecule has 4 rings (SSSR count). The SMILES string of the molecule is Cc1cccc(CN2C(=O)S/C(=C\c3cc(C)n(-c4ccccn4)c3C)C2=O)c1. The van der Waals surface area contributed by atoms with Crippen LogP contribution in [0.15, 0.2) is 59.6 Å². The Kier molecular flexibility index (Phi) is 5.11. The molecule has 2 amide bonds. The summed E-state index contributed by atoms with van der Waals surface area (Å²) in [6.07, 6.45) is 3.56. The monoisotopic (exact) mass is 403 g/mol. The van der Waals surface area contributed by atoms with Crippen LogP contribution < -0.4 is 0 Å². The van der Waals surface area contributed by atoms with Gasteiger partial charge in [0.15, 0.2) is 0 Å². The van der Waals surface area contributed by atoms with E-state index in [0.717, 1.165) is 45.7 Å². The topological polar surface area (TPSA) is 55.2 Å². The lowest BCUT2D eigenvalue weighted by atomic mass is 10.1. The molecule has 3 aromatic rings. The summed E-state index contributed by atoms with van der Waals surface area (Å²) in [6, 6.07) is 15.6. The van der Waals surface area contributed by atoms with Crippen molar-refractivity contribution in [1.82, 2.24) is 14.5 Å². The molecule has 6 heteroatoms. The Morgan fingerprint density at radius 3 is 2.59 bits per heavy atom. The molecule has 146 valence electrons. The molecule has 1 aliphatic heterocycles. The first-order valence-corrected chi connectivity index (χ1v) is 10.2. The molecule has 0 radical (unpaired) electrons. The van der Waals surface area contributed by atoms with E-state index >= 15 is 0 Å². The third-order valence-corrected chi connectivity index (χ3v) is 5.84. The maximum absolute atomic E-state index is 12.9. The summed E-state index contributed by atoms with van der Waals surface area (Å²) in [4.78, 5) is 31.5. The first-order chi connectivity index (χ1) is 13.9. The number of thioether (sulfide) groups is 1. The molecule has 1 fully saturated rings. The van der Waals surface area contributed by atoms with E-state index in [4.69, 9.17) is 0 Å². The number of aromatic nitrogens is 2. The maximum Gasteiger partial charge on any atom is 0.293 e. The zero-order valence-electron chi connectivity index (χ0n) is 16.5. The van der Waals surface area contributed by atoms with Crippen molar-refractivity contribution in [3.63, 3.8) is 0 Å². The van der Waals surface area contributed by atoms with Gasteiger partial charge >= 0.3 is 0 Å². The second-order valence-electron chi connectivity index (χ2n) is 7.11. The van der Waals surface area contributed by atoms with Crippen LogP contribution in [0, 0.1) is 20.8 Å². The molecule has 0 atom stereocenters. The molecular formula is C23H21N3O2S. The Morgan fingerprint density at radius 1 is 1.03 bits per heavy atom. The van der Waals surface area contributed by atoms with E-state index in [1.54, 1.807) is 6.20 Å². The summed E-state index contributed by atoms with van der Waals surface area (Å²) in [5.41, 5.74) is 4.96. The molecule has 0 aliphatic carbocycles. The normalized spacial score (nSPS) is 15.6. The lowest BCUT2D eigenvalue weighted by Crippen LogP contribution is -2.27. The van der Waals surface area contributed by atoms with E-state index in [1.807, 2.05) is 79.9 Å². The average Bonchev–Trinajstić information content (AvgIpc) is 3.12. The number of amides is 2. The number of carbonyl (C=O) groups is 2. The minimum Gasteiger partial charge on any atom is -0.303 e. The summed E-state index contributed by atoms with van der Waals surface area (Å²) < 4.78 is 2.04. The van der Waals surface area contributed by atoms with Crippen molar-refractivity contribution in [2.24, 2.45) is 0 Å². The highest BCUT2D eigenvalue weighted by molar-refractivity contribution is 8.18. The fourth-order valence-corrected chi connectivity index (χ4v) is 4.37. The van der Waals surface area contributed by atoms with Crippen LogP contribution in [0.4, 0.5) is 4.79 Å². The van der Waals surface area contributed by atoms with Crippen LogP contribution in [0.25, 0.3) is 11.9 Å². The molecule has 0 bridgehead atoms. The van der Waals surface area contributed by atoms with Gasteiger partial charge in [-0.15, -0.1) is 0 Å². The molecule has 29 heavy (non-hydrogen) atoms. The Balaban J connectivity index is 1.63. The van der Waals surface area contributed by atoms with Crippen LogP contribution in [-0.2, 0) is 11.3 Å². The first-order valence-electron chi connectivity index (χ1n) is 9.35. The molecule has 1 saturated heterocycles. The largest absolute Gasteiger partial charge is 0.303 e. The van der Waals surface area contributed by atoms with Gasteiger partial charge in [-0.25, -0.2) is 4.98 Å². The molecule has 5 nitrogen and oxygen atoms in total. The van der Waals surface area contributed by atoms with Crippen LogP contribution in [0.2, 0.25) is 0 Å². The zero-order chi connectivity index (χ0) is 20.5. The van der Waals surface area contributed by atoms with Gasteiger partial charge in [-0.05, 0) is 67.9 Å². The third kappa shape index (κ3) is 3.76. The molecule has 0 spiro atoms. The Morgan fingerprint density at radius 2 is 1.86 bits per heavy atom. The molecule has 3 heterocycles. The molecule has 1 aromatic carbocycles. The summed E-state index contributed by atoms with van der Waals surface area (Å²) >= 11 is 0.993. The van der Waals surface area contributed by atoms with E-state index < -0.39 is 0 Å². The van der Waals surface area contributed by atoms with E-state index in [0.29, 0.717) is 4.91 Å². The van der Waals surface area contributed by atoms with Crippen molar-refractivity contribution in [2.45, 2.75) is 27.3 Å². The first kappa shape index (κ1) is 19.2. The number of benzene rings is 1. The second kappa shape index (κ2) is 7.72.